The summed E-state index contributed by atoms with van der Waals surface area (Å²) in [5, 5.41) is 3.56. The third kappa shape index (κ3) is 4.02. The lowest BCUT2D eigenvalue weighted by atomic mass is 10.1. The number of pyridine rings is 2. The van der Waals surface area contributed by atoms with Crippen molar-refractivity contribution in [2.24, 2.45) is 0 Å². The van der Waals surface area contributed by atoms with Crippen LogP contribution in [0.3, 0.4) is 0 Å². The van der Waals surface area contributed by atoms with Crippen LogP contribution < -0.4 is 10.1 Å². The molecule has 1 aliphatic heterocycles. The number of ether oxygens (including phenoxy) is 2. The number of rotatable bonds is 5. The standard InChI is InChI=1S/C17H21N3O2/c1-13-4-5-16(12-19-13)22-17-14(3-2-8-18-17)11-20-15-6-9-21-10-7-15/h2-5,8,12,15,20H,6-7,9-11H2,1H3. The highest BCUT2D eigenvalue weighted by atomic mass is 16.5. The molecule has 1 fully saturated rings. The monoisotopic (exact) mass is 299 g/mol. The zero-order valence-corrected chi connectivity index (χ0v) is 12.8. The predicted molar refractivity (Wildman–Crippen MR) is 84.0 cm³/mol. The summed E-state index contributed by atoms with van der Waals surface area (Å²) >= 11 is 0. The Morgan fingerprint density at radius 1 is 1.23 bits per heavy atom. The van der Waals surface area contributed by atoms with E-state index in [2.05, 4.69) is 15.3 Å². The van der Waals surface area contributed by atoms with Crippen molar-refractivity contribution in [3.63, 3.8) is 0 Å². The van der Waals surface area contributed by atoms with Crippen LogP contribution in [0.25, 0.3) is 0 Å². The van der Waals surface area contributed by atoms with E-state index < -0.39 is 0 Å². The van der Waals surface area contributed by atoms with Gasteiger partial charge in [-0.15, -0.1) is 0 Å². The van der Waals surface area contributed by atoms with Crippen molar-refractivity contribution < 1.29 is 9.47 Å². The number of aryl methyl sites for hydroxylation is 1. The van der Waals surface area contributed by atoms with Crippen molar-refractivity contribution >= 4 is 0 Å². The van der Waals surface area contributed by atoms with E-state index in [1.54, 1.807) is 12.4 Å². The molecule has 0 radical (unpaired) electrons. The Morgan fingerprint density at radius 3 is 2.86 bits per heavy atom. The molecule has 0 atom stereocenters. The van der Waals surface area contributed by atoms with Crippen LogP contribution in [0.2, 0.25) is 0 Å². The molecule has 1 saturated heterocycles. The molecule has 0 spiro atoms. The van der Waals surface area contributed by atoms with Crippen LogP contribution in [0.5, 0.6) is 11.6 Å². The summed E-state index contributed by atoms with van der Waals surface area (Å²) in [7, 11) is 0. The van der Waals surface area contributed by atoms with E-state index in [4.69, 9.17) is 9.47 Å². The number of hydrogen-bond donors (Lipinski definition) is 1. The maximum absolute atomic E-state index is 5.87. The maximum Gasteiger partial charge on any atom is 0.223 e. The van der Waals surface area contributed by atoms with Gasteiger partial charge in [0.05, 0.1) is 6.20 Å². The topological polar surface area (TPSA) is 56.3 Å². The summed E-state index contributed by atoms with van der Waals surface area (Å²) in [6.07, 6.45) is 5.57. The van der Waals surface area contributed by atoms with Gasteiger partial charge in [-0.25, -0.2) is 4.98 Å². The van der Waals surface area contributed by atoms with Crippen LogP contribution >= 0.6 is 0 Å². The summed E-state index contributed by atoms with van der Waals surface area (Å²) in [6, 6.07) is 8.31. The summed E-state index contributed by atoms with van der Waals surface area (Å²) in [5.41, 5.74) is 2.02. The van der Waals surface area contributed by atoms with Gasteiger partial charge in [0.15, 0.2) is 0 Å². The minimum atomic E-state index is 0.503. The normalized spacial score (nSPS) is 15.7. The second-order valence-corrected chi connectivity index (χ2v) is 5.47. The third-order valence-corrected chi connectivity index (χ3v) is 3.75. The number of aromatic nitrogens is 2. The molecule has 1 N–H and O–H groups in total. The molecule has 1 aliphatic rings. The molecule has 5 heteroatoms. The van der Waals surface area contributed by atoms with E-state index in [1.807, 2.05) is 31.2 Å². The Bertz CT molecular complexity index is 595. The van der Waals surface area contributed by atoms with Crippen molar-refractivity contribution in [1.29, 1.82) is 0 Å². The Morgan fingerprint density at radius 2 is 2.09 bits per heavy atom. The van der Waals surface area contributed by atoms with E-state index in [9.17, 15) is 0 Å². The molecule has 116 valence electrons. The Labute approximate surface area is 130 Å². The lowest BCUT2D eigenvalue weighted by Gasteiger charge is -2.23. The van der Waals surface area contributed by atoms with Crippen molar-refractivity contribution in [1.82, 2.24) is 15.3 Å². The van der Waals surface area contributed by atoms with Crippen LogP contribution in [-0.4, -0.2) is 29.2 Å². The average Bonchev–Trinajstić information content (AvgIpc) is 2.57. The zero-order chi connectivity index (χ0) is 15.2. The van der Waals surface area contributed by atoms with Gasteiger partial charge in [0.1, 0.15) is 5.75 Å². The quantitative estimate of drug-likeness (QED) is 0.920. The molecule has 0 aliphatic carbocycles. The fraction of sp³-hybridized carbons (Fsp3) is 0.412. The molecule has 2 aromatic heterocycles. The molecule has 0 amide bonds. The van der Waals surface area contributed by atoms with Crippen LogP contribution in [0, 0.1) is 6.92 Å². The fourth-order valence-electron chi connectivity index (χ4n) is 2.43. The number of nitrogens with one attached hydrogen (secondary N) is 1. The first-order chi connectivity index (χ1) is 10.8. The molecule has 0 unspecified atom stereocenters. The largest absolute Gasteiger partial charge is 0.437 e. The molecule has 0 saturated carbocycles. The van der Waals surface area contributed by atoms with Gasteiger partial charge >= 0.3 is 0 Å². The van der Waals surface area contributed by atoms with E-state index >= 15 is 0 Å². The van der Waals surface area contributed by atoms with Crippen LogP contribution in [0.4, 0.5) is 0 Å². The first-order valence-corrected chi connectivity index (χ1v) is 7.67. The lowest BCUT2D eigenvalue weighted by Crippen LogP contribution is -2.34. The van der Waals surface area contributed by atoms with Crippen LogP contribution in [-0.2, 0) is 11.3 Å². The molecule has 22 heavy (non-hydrogen) atoms. The first kappa shape index (κ1) is 14.9. The molecule has 0 aromatic carbocycles. The SMILES string of the molecule is Cc1ccc(Oc2ncccc2CNC2CCOCC2)cn1. The smallest absolute Gasteiger partial charge is 0.223 e. The third-order valence-electron chi connectivity index (χ3n) is 3.75. The second kappa shape index (κ2) is 7.33. The van der Waals surface area contributed by atoms with Crippen molar-refractivity contribution in [3.05, 3.63) is 47.9 Å². The summed E-state index contributed by atoms with van der Waals surface area (Å²) in [4.78, 5) is 8.59. The minimum absolute atomic E-state index is 0.503. The fourth-order valence-corrected chi connectivity index (χ4v) is 2.43. The minimum Gasteiger partial charge on any atom is -0.437 e. The zero-order valence-electron chi connectivity index (χ0n) is 12.8. The van der Waals surface area contributed by atoms with Gasteiger partial charge in [-0.05, 0) is 38.0 Å². The summed E-state index contributed by atoms with van der Waals surface area (Å²) in [6.45, 7) is 4.37. The molecule has 0 bridgehead atoms. The van der Waals surface area contributed by atoms with Gasteiger partial charge in [-0.2, -0.15) is 0 Å². The van der Waals surface area contributed by atoms with Gasteiger partial charge in [0.2, 0.25) is 5.88 Å². The van der Waals surface area contributed by atoms with E-state index in [0.29, 0.717) is 17.7 Å². The number of hydrogen-bond acceptors (Lipinski definition) is 5. The number of nitrogens with zero attached hydrogens (tertiary/aromatic N) is 2. The Balaban J connectivity index is 1.65. The van der Waals surface area contributed by atoms with E-state index in [0.717, 1.165) is 43.9 Å². The highest BCUT2D eigenvalue weighted by Crippen LogP contribution is 2.22. The summed E-state index contributed by atoms with van der Waals surface area (Å²) < 4.78 is 11.2. The molecular formula is C17H21N3O2. The van der Waals surface area contributed by atoms with Gasteiger partial charge in [0.25, 0.3) is 0 Å². The first-order valence-electron chi connectivity index (χ1n) is 7.67. The van der Waals surface area contributed by atoms with Crippen molar-refractivity contribution in [2.45, 2.75) is 32.4 Å². The van der Waals surface area contributed by atoms with Gasteiger partial charge < -0.3 is 14.8 Å². The molecule has 3 rings (SSSR count). The Kier molecular flexibility index (Phi) is 4.98. The second-order valence-electron chi connectivity index (χ2n) is 5.47. The van der Waals surface area contributed by atoms with Crippen LogP contribution in [0.1, 0.15) is 24.1 Å². The Hall–Kier alpha value is -1.98. The van der Waals surface area contributed by atoms with Crippen LogP contribution in [0.15, 0.2) is 36.7 Å². The highest BCUT2D eigenvalue weighted by molar-refractivity contribution is 5.31. The van der Waals surface area contributed by atoms with Gasteiger partial charge in [-0.3, -0.25) is 4.98 Å². The molecule has 2 aromatic rings. The molecule has 5 nitrogen and oxygen atoms in total. The average molecular weight is 299 g/mol. The molecule has 3 heterocycles. The highest BCUT2D eigenvalue weighted by Gasteiger charge is 2.14. The van der Waals surface area contributed by atoms with Gasteiger partial charge in [0, 0.05) is 43.3 Å². The molecular weight excluding hydrogens is 278 g/mol. The van der Waals surface area contributed by atoms with E-state index in [-0.39, 0.29) is 0 Å². The lowest BCUT2D eigenvalue weighted by molar-refractivity contribution is 0.0775. The maximum atomic E-state index is 5.87. The van der Waals surface area contributed by atoms with Gasteiger partial charge in [-0.1, -0.05) is 6.07 Å². The van der Waals surface area contributed by atoms with Crippen molar-refractivity contribution in [2.75, 3.05) is 13.2 Å². The summed E-state index contributed by atoms with van der Waals surface area (Å²) in [5.74, 6) is 1.34. The van der Waals surface area contributed by atoms with Crippen molar-refractivity contribution in [3.8, 4) is 11.6 Å². The predicted octanol–water partition coefficient (Wildman–Crippen LogP) is 2.85. The van der Waals surface area contributed by atoms with E-state index in [1.165, 1.54) is 0 Å².